The Labute approximate surface area is 192 Å². The minimum atomic E-state index is -1.08. The summed E-state index contributed by atoms with van der Waals surface area (Å²) in [5.74, 6) is -1.08. The van der Waals surface area contributed by atoms with Crippen molar-refractivity contribution in [3.05, 3.63) is 146 Å². The van der Waals surface area contributed by atoms with Crippen LogP contribution in [-0.2, 0) is 4.79 Å². The summed E-state index contributed by atoms with van der Waals surface area (Å²) < 4.78 is 0. The quantitative estimate of drug-likeness (QED) is 0.346. The second kappa shape index (κ2) is 25.2. The molecule has 0 spiro atoms. The van der Waals surface area contributed by atoms with Gasteiger partial charge >= 0.3 is 0 Å². The maximum Gasteiger partial charge on any atom is 0.0383 e. The molecule has 4 rings (SSSR count). The minimum Gasteiger partial charge on any atom is -0.550 e. The van der Waals surface area contributed by atoms with Gasteiger partial charge in [0.2, 0.25) is 0 Å². The summed E-state index contributed by atoms with van der Waals surface area (Å²) in [4.78, 5) is 8.89. The number of rotatable bonds is 0. The molecule has 0 saturated carbocycles. The fraction of sp³-hybridized carbons (Fsp3) is 0.0385. The first kappa shape index (κ1) is 28.4. The van der Waals surface area contributed by atoms with Crippen LogP contribution in [-0.4, -0.2) is 30.4 Å². The molecule has 4 aromatic rings. The predicted octanol–water partition coefficient (Wildman–Crippen LogP) is 4.32. The van der Waals surface area contributed by atoms with E-state index in [1.54, 1.807) is 0 Å². The molecule has 0 aliphatic rings. The second-order valence-corrected chi connectivity index (χ2v) is 4.80. The van der Waals surface area contributed by atoms with Crippen LogP contribution >= 0.6 is 0 Å². The van der Waals surface area contributed by atoms with Gasteiger partial charge in [-0.2, -0.15) is 0 Å². The Bertz CT molecular complexity index is 512. The molecule has 0 unspecified atom stereocenters. The molecule has 0 atom stereocenters. The Morgan fingerprint density at radius 1 is 0.483 bits per heavy atom. The number of carbonyl (C=O) groups is 1. The van der Waals surface area contributed by atoms with Crippen LogP contribution < -0.4 is 5.11 Å². The molecule has 3 heteroatoms. The molecule has 0 aliphatic carbocycles. The summed E-state index contributed by atoms with van der Waals surface area (Å²) in [5, 5.41) is 8.89. The van der Waals surface area contributed by atoms with Crippen molar-refractivity contribution >= 4 is 30.4 Å². The van der Waals surface area contributed by atoms with Crippen molar-refractivity contribution in [2.75, 3.05) is 0 Å². The van der Waals surface area contributed by atoms with Gasteiger partial charge < -0.3 is 9.90 Å². The van der Waals surface area contributed by atoms with E-state index in [1.807, 2.05) is 121 Å². The first-order valence-electron chi connectivity index (χ1n) is 8.55. The van der Waals surface area contributed by atoms with Crippen molar-refractivity contribution in [1.29, 1.82) is 0 Å². The van der Waals surface area contributed by atoms with Crippen molar-refractivity contribution < 1.29 is 9.90 Å². The summed E-state index contributed by atoms with van der Waals surface area (Å²) in [6, 6.07) is 50.0. The van der Waals surface area contributed by atoms with Crippen LogP contribution in [0.5, 0.6) is 0 Å². The second-order valence-electron chi connectivity index (χ2n) is 4.80. The van der Waals surface area contributed by atoms with Gasteiger partial charge in [0.1, 0.15) is 0 Å². The first-order chi connectivity index (χ1) is 13.7. The Kier molecular flexibility index (Phi) is 24.6. The number of carbonyl (C=O) groups excluding carboxylic acids is 1. The molecular weight excluding hydrogens is 466 g/mol. The number of hydrogen-bond acceptors (Lipinski definition) is 2. The zero-order valence-corrected chi connectivity index (χ0v) is 18.9. The third-order valence-electron chi connectivity index (χ3n) is 2.43. The van der Waals surface area contributed by atoms with Gasteiger partial charge in [0.15, 0.2) is 0 Å². The molecule has 0 aliphatic heterocycles. The molecule has 29 heavy (non-hydrogen) atoms. The average Bonchev–Trinajstić information content (AvgIpc) is 2.79. The van der Waals surface area contributed by atoms with E-state index in [-0.39, 0.29) is 24.4 Å². The van der Waals surface area contributed by atoms with E-state index in [1.165, 1.54) is 0 Å². The third-order valence-corrected chi connectivity index (χ3v) is 2.43. The first-order valence-corrected chi connectivity index (χ1v) is 8.55. The van der Waals surface area contributed by atoms with Gasteiger partial charge in [-0.05, 0) is 31.2 Å². The Hall–Kier alpha value is -2.83. The Morgan fingerprint density at radius 2 is 0.621 bits per heavy atom. The Balaban J connectivity index is 0. The minimum absolute atomic E-state index is 0. The molecule has 0 saturated heterocycles. The van der Waals surface area contributed by atoms with E-state index in [0.29, 0.717) is 0 Å². The van der Waals surface area contributed by atoms with E-state index in [0.717, 1.165) is 6.92 Å². The van der Waals surface area contributed by atoms with Gasteiger partial charge in [0.05, 0.1) is 0 Å². The normalized spacial score (nSPS) is 7.48. The number of carboxylic acids is 1. The van der Waals surface area contributed by atoms with Crippen LogP contribution in [0.1, 0.15) is 6.92 Å². The number of benzene rings is 4. The van der Waals surface area contributed by atoms with E-state index >= 15 is 0 Å². The molecule has 0 fully saturated rings. The van der Waals surface area contributed by atoms with Crippen molar-refractivity contribution in [2.45, 2.75) is 6.92 Å². The number of carboxylic acid groups (broad SMARTS) is 1. The largest absolute Gasteiger partial charge is 0.550 e. The zero-order chi connectivity index (χ0) is 20.5. The predicted molar refractivity (Wildman–Crippen MR) is 118 cm³/mol. The molecule has 2 nitrogen and oxygen atoms in total. The van der Waals surface area contributed by atoms with E-state index in [4.69, 9.17) is 9.90 Å². The van der Waals surface area contributed by atoms with Gasteiger partial charge in [0.25, 0.3) is 0 Å². The van der Waals surface area contributed by atoms with Crippen molar-refractivity contribution in [1.82, 2.24) is 0 Å². The van der Waals surface area contributed by atoms with Crippen LogP contribution in [0.4, 0.5) is 0 Å². The van der Waals surface area contributed by atoms with E-state index in [9.17, 15) is 0 Å². The zero-order valence-electron chi connectivity index (χ0n) is 16.3. The molecular formula is C26H23O2Sb-. The standard InChI is InChI=1S/4C6H5.C2H4O2.Sb/c4*1-2-4-6-5-3-1;1-2(3)4;/h4*1-5H;1H3,(H,3,4);/p-1. The molecule has 0 aromatic heterocycles. The van der Waals surface area contributed by atoms with Crippen molar-refractivity contribution in [2.24, 2.45) is 0 Å². The number of aliphatic carboxylic acids is 1. The summed E-state index contributed by atoms with van der Waals surface area (Å²) in [5.41, 5.74) is 0. The van der Waals surface area contributed by atoms with Crippen LogP contribution in [0.2, 0.25) is 0 Å². The molecule has 0 bridgehead atoms. The van der Waals surface area contributed by atoms with Crippen molar-refractivity contribution in [3.8, 4) is 0 Å². The summed E-state index contributed by atoms with van der Waals surface area (Å²) in [6.45, 7) is 0.972. The monoisotopic (exact) mass is 488 g/mol. The SMILES string of the molecule is CC(=O)[O-].[Sb].[c]1ccccc1.[c]1ccccc1.[c]1ccccc1.[c]1ccccc1. The van der Waals surface area contributed by atoms with Gasteiger partial charge in [-0.1, -0.05) is 121 Å². The fourth-order valence-corrected chi connectivity index (χ4v) is 1.37. The number of hydrogen-bond donors (Lipinski definition) is 0. The fourth-order valence-electron chi connectivity index (χ4n) is 1.37. The maximum absolute atomic E-state index is 8.89. The van der Waals surface area contributed by atoms with Crippen LogP contribution in [0.3, 0.4) is 0 Å². The van der Waals surface area contributed by atoms with Crippen LogP contribution in [0.25, 0.3) is 0 Å². The molecule has 0 N–H and O–H groups in total. The Morgan fingerprint density at radius 3 is 0.655 bits per heavy atom. The third kappa shape index (κ3) is 30.1. The smallest absolute Gasteiger partial charge is 0.0383 e. The van der Waals surface area contributed by atoms with Gasteiger partial charge in [-0.15, -0.1) is 0 Å². The summed E-state index contributed by atoms with van der Waals surface area (Å²) in [6.07, 6.45) is 0. The van der Waals surface area contributed by atoms with Crippen LogP contribution in [0, 0.1) is 24.3 Å². The van der Waals surface area contributed by atoms with Gasteiger partial charge in [0, 0.05) is 30.4 Å². The molecule has 145 valence electrons. The maximum atomic E-state index is 8.89. The molecule has 7 radical (unpaired) electrons. The topological polar surface area (TPSA) is 40.1 Å². The van der Waals surface area contributed by atoms with E-state index < -0.39 is 5.97 Å². The van der Waals surface area contributed by atoms with Gasteiger partial charge in [-0.3, -0.25) is 0 Å². The van der Waals surface area contributed by atoms with Gasteiger partial charge in [-0.25, -0.2) is 0 Å². The molecule has 0 heterocycles. The summed E-state index contributed by atoms with van der Waals surface area (Å²) in [7, 11) is 0. The molecule has 0 amide bonds. The summed E-state index contributed by atoms with van der Waals surface area (Å²) >= 11 is 0. The molecule has 4 aromatic carbocycles. The average molecular weight is 489 g/mol. The van der Waals surface area contributed by atoms with Crippen molar-refractivity contribution in [3.63, 3.8) is 0 Å². The van der Waals surface area contributed by atoms with Crippen LogP contribution in [0.15, 0.2) is 121 Å². The van der Waals surface area contributed by atoms with E-state index in [2.05, 4.69) is 24.3 Å².